The number of carbonyl (C=O) groups is 3. The number of rotatable bonds is 6. The van der Waals surface area contributed by atoms with Crippen LogP contribution in [0.2, 0.25) is 0 Å². The van der Waals surface area contributed by atoms with Gasteiger partial charge in [0.1, 0.15) is 11.8 Å². The monoisotopic (exact) mass is 381 g/mol. The molecule has 3 amide bonds. The van der Waals surface area contributed by atoms with Crippen LogP contribution in [0.5, 0.6) is 5.75 Å². The van der Waals surface area contributed by atoms with Gasteiger partial charge in [-0.05, 0) is 36.2 Å². The first-order valence-electron chi connectivity index (χ1n) is 9.03. The second-order valence-electron chi connectivity index (χ2n) is 6.73. The quantitative estimate of drug-likeness (QED) is 0.800. The number of piperazine rings is 1. The third-order valence-corrected chi connectivity index (χ3v) is 4.59. The number of ether oxygens (including phenoxy) is 1. The van der Waals surface area contributed by atoms with Gasteiger partial charge in [0, 0.05) is 12.2 Å². The van der Waals surface area contributed by atoms with Crippen molar-refractivity contribution < 1.29 is 19.1 Å². The van der Waals surface area contributed by atoms with Crippen molar-refractivity contribution >= 4 is 23.4 Å². The summed E-state index contributed by atoms with van der Waals surface area (Å²) in [5.41, 5.74) is 2.42. The summed E-state index contributed by atoms with van der Waals surface area (Å²) in [6.07, 6.45) is -0.124. The van der Waals surface area contributed by atoms with E-state index in [0.717, 1.165) is 11.1 Å². The minimum Gasteiger partial charge on any atom is -0.497 e. The Balaban J connectivity index is 1.64. The van der Waals surface area contributed by atoms with Crippen LogP contribution >= 0.6 is 0 Å². The van der Waals surface area contributed by atoms with E-state index < -0.39 is 6.04 Å². The molecule has 2 aromatic rings. The van der Waals surface area contributed by atoms with E-state index in [1.165, 1.54) is 4.90 Å². The van der Waals surface area contributed by atoms with Gasteiger partial charge in [-0.25, -0.2) is 0 Å². The molecule has 1 saturated heterocycles. The molecule has 0 saturated carbocycles. The van der Waals surface area contributed by atoms with Gasteiger partial charge in [0.2, 0.25) is 17.7 Å². The van der Waals surface area contributed by atoms with Gasteiger partial charge in [0.25, 0.3) is 0 Å². The molecule has 1 aliphatic heterocycles. The molecular weight excluding hydrogens is 358 g/mol. The second kappa shape index (κ2) is 8.56. The number of hydrogen-bond donors (Lipinski definition) is 2. The van der Waals surface area contributed by atoms with Crippen molar-refractivity contribution in [3.63, 3.8) is 0 Å². The molecule has 0 bridgehead atoms. The Morgan fingerprint density at radius 3 is 2.64 bits per heavy atom. The van der Waals surface area contributed by atoms with Crippen molar-refractivity contribution in [1.29, 1.82) is 0 Å². The molecule has 1 atom stereocenters. The van der Waals surface area contributed by atoms with Crippen LogP contribution < -0.4 is 15.4 Å². The molecule has 2 N–H and O–H groups in total. The first kappa shape index (κ1) is 19.4. The minimum absolute atomic E-state index is 0.0105. The van der Waals surface area contributed by atoms with Crippen molar-refractivity contribution in [3.05, 3.63) is 59.7 Å². The van der Waals surface area contributed by atoms with E-state index in [1.807, 2.05) is 43.3 Å². The van der Waals surface area contributed by atoms with Crippen LogP contribution in [0, 0.1) is 6.92 Å². The first-order valence-corrected chi connectivity index (χ1v) is 9.03. The molecule has 0 unspecified atom stereocenters. The molecule has 1 aliphatic rings. The summed E-state index contributed by atoms with van der Waals surface area (Å²) >= 11 is 0. The fourth-order valence-corrected chi connectivity index (χ4v) is 3.14. The van der Waals surface area contributed by atoms with Gasteiger partial charge in [0.15, 0.2) is 0 Å². The fourth-order valence-electron chi connectivity index (χ4n) is 3.14. The van der Waals surface area contributed by atoms with Gasteiger partial charge in [-0.15, -0.1) is 0 Å². The number of nitrogens with one attached hydrogen (secondary N) is 2. The van der Waals surface area contributed by atoms with E-state index in [1.54, 1.807) is 19.2 Å². The zero-order valence-corrected chi connectivity index (χ0v) is 15.9. The maximum absolute atomic E-state index is 12.7. The molecule has 0 spiro atoms. The Morgan fingerprint density at radius 1 is 1.21 bits per heavy atom. The van der Waals surface area contributed by atoms with Crippen LogP contribution in [-0.4, -0.2) is 42.3 Å². The molecule has 0 radical (unpaired) electrons. The number of methoxy groups -OCH3 is 1. The van der Waals surface area contributed by atoms with Gasteiger partial charge >= 0.3 is 0 Å². The van der Waals surface area contributed by atoms with Crippen molar-refractivity contribution in [2.24, 2.45) is 0 Å². The Morgan fingerprint density at radius 2 is 1.96 bits per heavy atom. The number of anilines is 1. The average molecular weight is 381 g/mol. The number of nitrogens with zero attached hydrogens (tertiary/aromatic N) is 1. The lowest BCUT2D eigenvalue weighted by Gasteiger charge is -2.32. The molecular formula is C21H23N3O4. The highest BCUT2D eigenvalue weighted by atomic mass is 16.5. The summed E-state index contributed by atoms with van der Waals surface area (Å²) in [6.45, 7) is 2.18. The van der Waals surface area contributed by atoms with Gasteiger partial charge in [0.05, 0.1) is 20.1 Å². The summed E-state index contributed by atoms with van der Waals surface area (Å²) in [5, 5.41) is 5.41. The Labute approximate surface area is 163 Å². The zero-order valence-electron chi connectivity index (χ0n) is 15.9. The van der Waals surface area contributed by atoms with Crippen molar-refractivity contribution in [1.82, 2.24) is 10.2 Å². The lowest BCUT2D eigenvalue weighted by molar-refractivity contribution is -0.145. The summed E-state index contributed by atoms with van der Waals surface area (Å²) in [6, 6.07) is 13.9. The number of carbonyl (C=O) groups excluding carboxylic acids is 3. The Hall–Kier alpha value is -3.35. The van der Waals surface area contributed by atoms with Crippen molar-refractivity contribution in [2.75, 3.05) is 19.0 Å². The van der Waals surface area contributed by atoms with Crippen molar-refractivity contribution in [3.8, 4) is 5.75 Å². The zero-order chi connectivity index (χ0) is 20.1. The predicted molar refractivity (Wildman–Crippen MR) is 105 cm³/mol. The molecule has 7 heteroatoms. The second-order valence-corrected chi connectivity index (χ2v) is 6.73. The minimum atomic E-state index is -0.872. The smallest absolute Gasteiger partial charge is 0.246 e. The van der Waals surface area contributed by atoms with Crippen LogP contribution in [0.1, 0.15) is 17.5 Å². The van der Waals surface area contributed by atoms with Crippen LogP contribution in [0.4, 0.5) is 5.69 Å². The first-order chi connectivity index (χ1) is 13.5. The summed E-state index contributed by atoms with van der Waals surface area (Å²) in [4.78, 5) is 38.7. The van der Waals surface area contributed by atoms with Gasteiger partial charge in [-0.2, -0.15) is 0 Å². The summed E-state index contributed by atoms with van der Waals surface area (Å²) in [7, 11) is 1.57. The molecule has 2 aromatic carbocycles. The van der Waals surface area contributed by atoms with Crippen LogP contribution in [0.3, 0.4) is 0 Å². The number of amides is 3. The molecule has 3 rings (SSSR count). The summed E-state index contributed by atoms with van der Waals surface area (Å²) in [5.74, 6) is -0.172. The number of aryl methyl sites for hydroxylation is 1. The number of hydrogen-bond acceptors (Lipinski definition) is 4. The molecule has 7 nitrogen and oxygen atoms in total. The highest BCUT2D eigenvalue weighted by molar-refractivity contribution is 6.00. The highest BCUT2D eigenvalue weighted by Gasteiger charge is 2.34. The third-order valence-electron chi connectivity index (χ3n) is 4.59. The molecule has 0 aliphatic carbocycles. The standard InChI is InChI=1S/C21H23N3O4/c1-14-10-16(28-2)8-9-17(14)22-19(25)11-18-21(27)24(13-20(26)23-18)12-15-6-4-3-5-7-15/h3-10,18H,11-13H2,1-2H3,(H,22,25)(H,23,26)/t18-/m1/s1. The number of benzene rings is 2. The van der Waals surface area contributed by atoms with Crippen molar-refractivity contribution in [2.45, 2.75) is 25.9 Å². The molecule has 0 aromatic heterocycles. The van der Waals surface area contributed by atoms with Crippen LogP contribution in [0.25, 0.3) is 0 Å². The average Bonchev–Trinajstić information content (AvgIpc) is 2.68. The maximum atomic E-state index is 12.7. The molecule has 146 valence electrons. The fraction of sp³-hybridized carbons (Fsp3) is 0.286. The highest BCUT2D eigenvalue weighted by Crippen LogP contribution is 2.21. The van der Waals surface area contributed by atoms with E-state index >= 15 is 0 Å². The molecule has 28 heavy (non-hydrogen) atoms. The molecule has 1 fully saturated rings. The summed E-state index contributed by atoms with van der Waals surface area (Å²) < 4.78 is 5.15. The lowest BCUT2D eigenvalue weighted by atomic mass is 10.1. The van der Waals surface area contributed by atoms with Gasteiger partial charge in [-0.3, -0.25) is 14.4 Å². The van der Waals surface area contributed by atoms with Gasteiger partial charge < -0.3 is 20.3 Å². The van der Waals surface area contributed by atoms with E-state index in [4.69, 9.17) is 4.74 Å². The van der Waals surface area contributed by atoms with E-state index in [-0.39, 0.29) is 30.7 Å². The topological polar surface area (TPSA) is 87.7 Å². The SMILES string of the molecule is COc1ccc(NC(=O)C[C@H]2NC(=O)CN(Cc3ccccc3)C2=O)c(C)c1. The largest absolute Gasteiger partial charge is 0.497 e. The van der Waals surface area contributed by atoms with Crippen LogP contribution in [-0.2, 0) is 20.9 Å². The van der Waals surface area contributed by atoms with E-state index in [9.17, 15) is 14.4 Å². The molecule has 1 heterocycles. The van der Waals surface area contributed by atoms with Crippen LogP contribution in [0.15, 0.2) is 48.5 Å². The maximum Gasteiger partial charge on any atom is 0.246 e. The Kier molecular flexibility index (Phi) is 5.93. The normalized spacial score (nSPS) is 16.5. The van der Waals surface area contributed by atoms with Gasteiger partial charge in [-0.1, -0.05) is 30.3 Å². The van der Waals surface area contributed by atoms with E-state index in [2.05, 4.69) is 10.6 Å². The van der Waals surface area contributed by atoms with E-state index in [0.29, 0.717) is 18.0 Å². The third kappa shape index (κ3) is 4.68. The predicted octanol–water partition coefficient (Wildman–Crippen LogP) is 1.86. The Bertz CT molecular complexity index is 882. The lowest BCUT2D eigenvalue weighted by Crippen LogP contribution is -2.58.